The van der Waals surface area contributed by atoms with E-state index in [1.807, 2.05) is 32.0 Å². The molecule has 11 heteroatoms. The molecule has 11 nitrogen and oxygen atoms in total. The van der Waals surface area contributed by atoms with Crippen LogP contribution in [0.4, 0.5) is 23.0 Å². The Labute approximate surface area is 203 Å². The number of hydrogen-bond acceptors (Lipinski definition) is 9. The Morgan fingerprint density at radius 3 is 2.54 bits per heavy atom. The zero-order chi connectivity index (χ0) is 24.9. The van der Waals surface area contributed by atoms with Crippen molar-refractivity contribution in [2.24, 2.45) is 14.1 Å². The van der Waals surface area contributed by atoms with Crippen LogP contribution in [0.15, 0.2) is 42.9 Å². The summed E-state index contributed by atoms with van der Waals surface area (Å²) in [7, 11) is 5.19. The Hall–Kier alpha value is -4.41. The fourth-order valence-electron chi connectivity index (χ4n) is 3.60. The molecular formula is C24H28N8O3. The van der Waals surface area contributed by atoms with Crippen molar-refractivity contribution in [3.05, 3.63) is 48.4 Å². The number of ketones is 1. The van der Waals surface area contributed by atoms with E-state index in [9.17, 15) is 4.79 Å². The largest absolute Gasteiger partial charge is 0.494 e. The zero-order valence-corrected chi connectivity index (χ0v) is 20.4. The molecule has 4 aromatic rings. The zero-order valence-electron chi connectivity index (χ0n) is 20.4. The number of aromatic nitrogens is 6. The van der Waals surface area contributed by atoms with Gasteiger partial charge in [0.05, 0.1) is 36.2 Å². The average Bonchev–Trinajstić information content (AvgIpc) is 3.43. The van der Waals surface area contributed by atoms with Crippen LogP contribution >= 0.6 is 0 Å². The second-order valence-electron chi connectivity index (χ2n) is 7.69. The van der Waals surface area contributed by atoms with Crippen molar-refractivity contribution >= 4 is 28.8 Å². The number of benzene rings is 1. The minimum atomic E-state index is -0.0375. The highest BCUT2D eigenvalue weighted by atomic mass is 16.5. The monoisotopic (exact) mass is 476 g/mol. The number of nitrogens with zero attached hydrogens (tertiary/aromatic N) is 6. The molecule has 3 aromatic heterocycles. The summed E-state index contributed by atoms with van der Waals surface area (Å²) in [6.45, 7) is 4.26. The van der Waals surface area contributed by atoms with E-state index in [4.69, 9.17) is 9.47 Å². The SMILES string of the molecule is CCOc1cc(Nc2cc(Nc3cccc(-c4ncn(C)n4)c3OC)c(C(=O)CC)cn2)nn1C. The topological polar surface area (TPSA) is 121 Å². The first-order valence-electron chi connectivity index (χ1n) is 11.2. The maximum Gasteiger partial charge on any atom is 0.213 e. The molecule has 0 fully saturated rings. The van der Waals surface area contributed by atoms with E-state index >= 15 is 0 Å². The van der Waals surface area contributed by atoms with Crippen LogP contribution in [0.2, 0.25) is 0 Å². The van der Waals surface area contributed by atoms with E-state index in [2.05, 4.69) is 30.8 Å². The molecular weight excluding hydrogens is 448 g/mol. The molecule has 0 saturated carbocycles. The van der Waals surface area contributed by atoms with Gasteiger partial charge in [0.1, 0.15) is 12.1 Å². The van der Waals surface area contributed by atoms with Crippen LogP contribution in [-0.2, 0) is 14.1 Å². The first-order valence-corrected chi connectivity index (χ1v) is 11.2. The molecule has 0 aliphatic carbocycles. The molecule has 3 heterocycles. The lowest BCUT2D eigenvalue weighted by Gasteiger charge is -2.16. The van der Waals surface area contributed by atoms with Crippen LogP contribution < -0.4 is 20.1 Å². The Kier molecular flexibility index (Phi) is 6.95. The third-order valence-electron chi connectivity index (χ3n) is 5.24. The predicted molar refractivity (Wildman–Crippen MR) is 133 cm³/mol. The van der Waals surface area contributed by atoms with Gasteiger partial charge in [0.25, 0.3) is 0 Å². The molecule has 0 unspecified atom stereocenters. The Morgan fingerprint density at radius 1 is 1.03 bits per heavy atom. The molecule has 1 aromatic carbocycles. The summed E-state index contributed by atoms with van der Waals surface area (Å²) >= 11 is 0. The first kappa shape index (κ1) is 23.7. The van der Waals surface area contributed by atoms with Crippen LogP contribution in [0, 0.1) is 0 Å². The number of Topliss-reactive ketones (excluding diaryl/α,β-unsaturated/α-hetero) is 1. The lowest BCUT2D eigenvalue weighted by molar-refractivity contribution is 0.0988. The van der Waals surface area contributed by atoms with Crippen LogP contribution in [0.1, 0.15) is 30.6 Å². The van der Waals surface area contributed by atoms with E-state index < -0.39 is 0 Å². The lowest BCUT2D eigenvalue weighted by Crippen LogP contribution is -2.07. The van der Waals surface area contributed by atoms with Crippen molar-refractivity contribution in [3.8, 4) is 23.0 Å². The summed E-state index contributed by atoms with van der Waals surface area (Å²) in [4.78, 5) is 21.4. The van der Waals surface area contributed by atoms with Crippen molar-refractivity contribution in [2.75, 3.05) is 24.4 Å². The van der Waals surface area contributed by atoms with Crippen LogP contribution in [0.25, 0.3) is 11.4 Å². The van der Waals surface area contributed by atoms with Gasteiger partial charge in [-0.25, -0.2) is 14.6 Å². The normalized spacial score (nSPS) is 10.8. The van der Waals surface area contributed by atoms with Crippen LogP contribution in [0.5, 0.6) is 11.6 Å². The van der Waals surface area contributed by atoms with Gasteiger partial charge in [0, 0.05) is 38.8 Å². The minimum absolute atomic E-state index is 0.0375. The molecule has 0 aliphatic heterocycles. The fourth-order valence-corrected chi connectivity index (χ4v) is 3.60. The number of pyridine rings is 1. The maximum absolute atomic E-state index is 12.7. The highest BCUT2D eigenvalue weighted by Crippen LogP contribution is 2.37. The highest BCUT2D eigenvalue weighted by molar-refractivity contribution is 6.02. The maximum atomic E-state index is 12.7. The number of carbonyl (C=O) groups is 1. The first-order chi connectivity index (χ1) is 16.9. The number of hydrogen-bond donors (Lipinski definition) is 2. The predicted octanol–water partition coefficient (Wildman–Crippen LogP) is 4.10. The van der Waals surface area contributed by atoms with Crippen LogP contribution in [-0.4, -0.2) is 49.0 Å². The second kappa shape index (κ2) is 10.2. The summed E-state index contributed by atoms with van der Waals surface area (Å²) in [5, 5.41) is 15.3. The van der Waals surface area contributed by atoms with Crippen molar-refractivity contribution in [3.63, 3.8) is 0 Å². The fraction of sp³-hybridized carbons (Fsp3) is 0.292. The highest BCUT2D eigenvalue weighted by Gasteiger charge is 2.18. The summed E-state index contributed by atoms with van der Waals surface area (Å²) in [5.41, 5.74) is 2.44. The number of methoxy groups -OCH3 is 1. The van der Waals surface area contributed by atoms with Gasteiger partial charge >= 0.3 is 0 Å². The number of rotatable bonds is 10. The second-order valence-corrected chi connectivity index (χ2v) is 7.69. The van der Waals surface area contributed by atoms with Crippen molar-refractivity contribution in [1.82, 2.24) is 29.5 Å². The van der Waals surface area contributed by atoms with Gasteiger partial charge in [0.15, 0.2) is 23.2 Å². The summed E-state index contributed by atoms with van der Waals surface area (Å²) < 4.78 is 14.5. The van der Waals surface area contributed by atoms with Gasteiger partial charge in [-0.3, -0.25) is 9.48 Å². The number of carbonyl (C=O) groups excluding carboxylic acids is 1. The minimum Gasteiger partial charge on any atom is -0.494 e. The van der Waals surface area contributed by atoms with Gasteiger partial charge in [0.2, 0.25) is 5.88 Å². The molecule has 0 saturated heterocycles. The Morgan fingerprint density at radius 2 is 1.86 bits per heavy atom. The number of para-hydroxylation sites is 1. The van der Waals surface area contributed by atoms with E-state index in [0.29, 0.717) is 59.1 Å². The van der Waals surface area contributed by atoms with Gasteiger partial charge in [-0.15, -0.1) is 0 Å². The van der Waals surface area contributed by atoms with Gasteiger partial charge in [-0.1, -0.05) is 13.0 Å². The number of anilines is 4. The molecule has 0 atom stereocenters. The van der Waals surface area contributed by atoms with Gasteiger partial charge in [-0.05, 0) is 19.1 Å². The van der Waals surface area contributed by atoms with Crippen molar-refractivity contribution in [2.45, 2.75) is 20.3 Å². The molecule has 182 valence electrons. The summed E-state index contributed by atoms with van der Waals surface area (Å²) in [6.07, 6.45) is 3.53. The van der Waals surface area contributed by atoms with Crippen LogP contribution in [0.3, 0.4) is 0 Å². The number of aryl methyl sites for hydroxylation is 2. The lowest BCUT2D eigenvalue weighted by atomic mass is 10.1. The number of ether oxygens (including phenoxy) is 2. The van der Waals surface area contributed by atoms with E-state index in [1.54, 1.807) is 55.2 Å². The molecule has 35 heavy (non-hydrogen) atoms. The third kappa shape index (κ3) is 5.08. The molecule has 4 rings (SSSR count). The standard InChI is InChI=1S/C24H28N8O3/c1-6-19(33)16-13-25-20(28-21-12-22(35-7-2)32(4)29-21)11-18(16)27-17-10-8-9-15(23(17)34-5)24-26-14-31(3)30-24/h8-14H,6-7H2,1-5H3,(H2,25,27,28,29). The van der Waals surface area contributed by atoms with Crippen molar-refractivity contribution in [1.29, 1.82) is 0 Å². The summed E-state index contributed by atoms with van der Waals surface area (Å²) in [5.74, 6) is 2.79. The van der Waals surface area contributed by atoms with E-state index in [-0.39, 0.29) is 5.78 Å². The third-order valence-corrected chi connectivity index (χ3v) is 5.24. The van der Waals surface area contributed by atoms with Crippen molar-refractivity contribution < 1.29 is 14.3 Å². The number of nitrogens with one attached hydrogen (secondary N) is 2. The summed E-state index contributed by atoms with van der Waals surface area (Å²) in [6, 6.07) is 9.18. The average molecular weight is 477 g/mol. The van der Waals surface area contributed by atoms with E-state index in [0.717, 1.165) is 5.56 Å². The van der Waals surface area contributed by atoms with Gasteiger partial charge < -0.3 is 20.1 Å². The molecule has 0 radical (unpaired) electrons. The quantitative estimate of drug-likeness (QED) is 0.326. The molecule has 0 amide bonds. The Bertz CT molecular complexity index is 1340. The molecule has 2 N–H and O–H groups in total. The smallest absolute Gasteiger partial charge is 0.213 e. The molecule has 0 spiro atoms. The van der Waals surface area contributed by atoms with E-state index in [1.165, 1.54) is 0 Å². The Balaban J connectivity index is 1.70. The molecule has 0 bridgehead atoms. The van der Waals surface area contributed by atoms with Gasteiger partial charge in [-0.2, -0.15) is 10.2 Å². The molecule has 0 aliphatic rings.